The van der Waals surface area contributed by atoms with Crippen molar-refractivity contribution in [1.82, 2.24) is 0 Å². The van der Waals surface area contributed by atoms with Crippen LogP contribution in [0.4, 0.5) is 0 Å². The van der Waals surface area contributed by atoms with Gasteiger partial charge in [-0.15, -0.1) is 0 Å². The highest BCUT2D eigenvalue weighted by molar-refractivity contribution is 5.98. The number of hydrogen-bond acceptors (Lipinski definition) is 0. The van der Waals surface area contributed by atoms with Crippen LogP contribution < -0.4 is 0 Å². The molecule has 0 heterocycles. The smallest absolute Gasteiger partial charge is 0.00234 e. The van der Waals surface area contributed by atoms with Gasteiger partial charge in [0.05, 0.1) is 0 Å². The van der Waals surface area contributed by atoms with Crippen molar-refractivity contribution in [1.29, 1.82) is 0 Å². The molecule has 4 bridgehead atoms. The molecule has 0 aromatic heterocycles. The quantitative estimate of drug-likeness (QED) is 0.216. The normalized spacial score (nSPS) is 24.4. The van der Waals surface area contributed by atoms with Crippen molar-refractivity contribution in [3.05, 3.63) is 107 Å². The second kappa shape index (κ2) is 11.0. The lowest BCUT2D eigenvalue weighted by Crippen LogP contribution is -2.48. The van der Waals surface area contributed by atoms with Gasteiger partial charge in [-0.05, 0) is 146 Å². The molecule has 0 unspecified atom stereocenters. The summed E-state index contributed by atoms with van der Waals surface area (Å²) in [5.74, 6) is 2.72. The molecule has 46 heavy (non-hydrogen) atoms. The summed E-state index contributed by atoms with van der Waals surface area (Å²) < 4.78 is 0. The van der Waals surface area contributed by atoms with E-state index < -0.39 is 0 Å². The Morgan fingerprint density at radius 1 is 0.435 bits per heavy atom. The second-order valence-corrected chi connectivity index (χ2v) is 18.5. The first-order valence-corrected chi connectivity index (χ1v) is 18.1. The van der Waals surface area contributed by atoms with Crippen LogP contribution in [0.25, 0.3) is 33.4 Å². The third-order valence-electron chi connectivity index (χ3n) is 11.8. The minimum Gasteiger partial charge on any atom is -0.0619 e. The first-order valence-electron chi connectivity index (χ1n) is 18.1. The van der Waals surface area contributed by atoms with Crippen LogP contribution in [0, 0.1) is 17.8 Å². The molecule has 240 valence electrons. The van der Waals surface area contributed by atoms with Crippen molar-refractivity contribution < 1.29 is 0 Å². The van der Waals surface area contributed by atoms with Gasteiger partial charge in [0, 0.05) is 0 Å². The Kier molecular flexibility index (Phi) is 7.51. The van der Waals surface area contributed by atoms with Gasteiger partial charge in [-0.25, -0.2) is 0 Å². The number of benzene rings is 4. The maximum absolute atomic E-state index is 2.70. The first-order chi connectivity index (χ1) is 21.6. The summed E-state index contributed by atoms with van der Waals surface area (Å²) in [7, 11) is 0. The van der Waals surface area contributed by atoms with E-state index in [1.807, 2.05) is 0 Å². The van der Waals surface area contributed by atoms with Crippen molar-refractivity contribution in [2.75, 3.05) is 0 Å². The highest BCUT2D eigenvalue weighted by Crippen LogP contribution is 2.62. The molecule has 4 saturated carbocycles. The van der Waals surface area contributed by atoms with Gasteiger partial charge in [-0.3, -0.25) is 0 Å². The van der Waals surface area contributed by atoms with Gasteiger partial charge in [0.15, 0.2) is 0 Å². The predicted molar refractivity (Wildman–Crippen MR) is 199 cm³/mol. The lowest BCUT2D eigenvalue weighted by molar-refractivity contribution is -0.00514. The maximum Gasteiger partial charge on any atom is -0.00234 e. The zero-order chi connectivity index (χ0) is 32.6. The largest absolute Gasteiger partial charge is 0.0619 e. The molecule has 4 aromatic rings. The van der Waals surface area contributed by atoms with Gasteiger partial charge in [0.2, 0.25) is 0 Å². The summed E-state index contributed by atoms with van der Waals surface area (Å²) in [5, 5.41) is 0. The van der Waals surface area contributed by atoms with Crippen molar-refractivity contribution in [3.8, 4) is 33.4 Å². The van der Waals surface area contributed by atoms with E-state index >= 15 is 0 Å². The van der Waals surface area contributed by atoms with Crippen LogP contribution in [0.15, 0.2) is 84.9 Å². The van der Waals surface area contributed by atoms with E-state index in [1.165, 1.54) is 88.6 Å². The van der Waals surface area contributed by atoms with Crippen LogP contribution in [-0.2, 0) is 21.7 Å². The summed E-state index contributed by atoms with van der Waals surface area (Å²) in [4.78, 5) is 0. The molecule has 0 atom stereocenters. The molecule has 4 aromatic carbocycles. The Morgan fingerprint density at radius 3 is 1.13 bits per heavy atom. The van der Waals surface area contributed by atoms with Crippen LogP contribution in [0.3, 0.4) is 0 Å². The fourth-order valence-corrected chi connectivity index (χ4v) is 10.2. The molecule has 8 rings (SSSR count). The minimum absolute atomic E-state index is 0.0107. The molecular formula is C46H56. The van der Waals surface area contributed by atoms with Crippen molar-refractivity contribution >= 4 is 0 Å². The fourth-order valence-electron chi connectivity index (χ4n) is 10.2. The van der Waals surface area contributed by atoms with Gasteiger partial charge in [0.1, 0.15) is 0 Å². The fraction of sp³-hybridized carbons (Fsp3) is 0.478. The highest BCUT2D eigenvalue weighted by Gasteiger charge is 2.52. The average Bonchev–Trinajstić information content (AvgIpc) is 2.98. The summed E-state index contributed by atoms with van der Waals surface area (Å²) in [6.45, 7) is 21.4. The summed E-state index contributed by atoms with van der Waals surface area (Å²) in [5.41, 5.74) is 14.7. The van der Waals surface area contributed by atoms with Gasteiger partial charge < -0.3 is 0 Å². The van der Waals surface area contributed by atoms with Gasteiger partial charge in [-0.2, -0.15) is 0 Å². The topological polar surface area (TPSA) is 0 Å². The van der Waals surface area contributed by atoms with E-state index in [2.05, 4.69) is 147 Å². The zero-order valence-corrected chi connectivity index (χ0v) is 30.1. The molecule has 4 aliphatic rings. The zero-order valence-electron chi connectivity index (χ0n) is 30.1. The molecule has 0 saturated heterocycles. The lowest BCUT2D eigenvalue weighted by Gasteiger charge is -2.57. The minimum atomic E-state index is 0.0107. The number of rotatable bonds is 4. The first kappa shape index (κ1) is 31.5. The maximum atomic E-state index is 2.70. The molecule has 0 amide bonds. The van der Waals surface area contributed by atoms with Crippen LogP contribution in [0.2, 0.25) is 0 Å². The number of hydrogen-bond donors (Lipinski definition) is 0. The molecule has 4 fully saturated rings. The van der Waals surface area contributed by atoms with Crippen molar-refractivity contribution in [2.45, 2.75) is 122 Å². The van der Waals surface area contributed by atoms with E-state index in [0.717, 1.165) is 17.8 Å². The van der Waals surface area contributed by atoms with Crippen LogP contribution in [0.5, 0.6) is 0 Å². The Balaban J connectivity index is 1.64. The molecule has 0 N–H and O–H groups in total. The summed E-state index contributed by atoms with van der Waals surface area (Å²) >= 11 is 0. The van der Waals surface area contributed by atoms with Crippen LogP contribution in [0.1, 0.15) is 123 Å². The van der Waals surface area contributed by atoms with E-state index in [9.17, 15) is 0 Å². The Morgan fingerprint density at radius 2 is 0.761 bits per heavy atom. The lowest BCUT2D eigenvalue weighted by atomic mass is 9.48. The molecule has 4 aliphatic carbocycles. The predicted octanol–water partition coefficient (Wildman–Crippen LogP) is 13.0. The van der Waals surface area contributed by atoms with Crippen molar-refractivity contribution in [3.63, 3.8) is 0 Å². The average molecular weight is 609 g/mol. The van der Waals surface area contributed by atoms with Gasteiger partial charge in [-0.1, -0.05) is 135 Å². The molecular weight excluding hydrogens is 553 g/mol. The molecule has 0 nitrogen and oxygen atoms in total. The molecule has 0 aliphatic heterocycles. The monoisotopic (exact) mass is 608 g/mol. The van der Waals surface area contributed by atoms with E-state index in [-0.39, 0.29) is 16.2 Å². The second-order valence-electron chi connectivity index (χ2n) is 18.5. The SMILES string of the molecule is CC(C)(C)c1ccccc1-c1cc(C23CC4CC(CC(C4)C2)C3)cc(-c2ccccc2C(C)(C)C)c1-c1ccccc1C(C)(C)C. The van der Waals surface area contributed by atoms with Gasteiger partial charge in [0.25, 0.3) is 0 Å². The highest BCUT2D eigenvalue weighted by atomic mass is 14.6. The van der Waals surface area contributed by atoms with Crippen LogP contribution in [-0.4, -0.2) is 0 Å². The summed E-state index contributed by atoms with van der Waals surface area (Å²) in [6.07, 6.45) is 8.52. The Bertz CT molecular complexity index is 1650. The van der Waals surface area contributed by atoms with E-state index in [4.69, 9.17) is 0 Å². The molecule has 0 heteroatoms. The standard InChI is InChI=1S/C46H56/c1-43(2,3)39-19-13-10-16-34(39)37-25-33(46-27-30-22-31(28-46)24-32(23-30)29-46)26-38(35-17-11-14-20-40(35)44(4,5)6)42(37)36-18-12-15-21-41(36)45(7,8)9/h10-21,25-26,30-32H,22-24,27-29H2,1-9H3. The Hall–Kier alpha value is -3.12. The summed E-state index contributed by atoms with van der Waals surface area (Å²) in [6, 6.07) is 33.3. The van der Waals surface area contributed by atoms with E-state index in [0.29, 0.717) is 5.41 Å². The third kappa shape index (κ3) is 5.48. The van der Waals surface area contributed by atoms with Crippen molar-refractivity contribution in [2.24, 2.45) is 17.8 Å². The van der Waals surface area contributed by atoms with E-state index in [1.54, 1.807) is 5.56 Å². The molecule has 0 spiro atoms. The van der Waals surface area contributed by atoms with Crippen LogP contribution >= 0.6 is 0 Å². The molecule has 0 radical (unpaired) electrons. The Labute approximate surface area is 280 Å². The third-order valence-corrected chi connectivity index (χ3v) is 11.8. The van der Waals surface area contributed by atoms with Gasteiger partial charge >= 0.3 is 0 Å².